The van der Waals surface area contributed by atoms with Gasteiger partial charge in [-0.15, -0.1) is 22.7 Å². The molecule has 0 aliphatic rings. The molecule has 0 aliphatic heterocycles. The fourth-order valence-electron chi connectivity index (χ4n) is 2.30. The molecule has 22 heavy (non-hydrogen) atoms. The summed E-state index contributed by atoms with van der Waals surface area (Å²) in [6, 6.07) is 15.8. The summed E-state index contributed by atoms with van der Waals surface area (Å²) in [5, 5.41) is 0. The maximum atomic E-state index is 11.0. The van der Waals surface area contributed by atoms with E-state index in [0.717, 1.165) is 32.4 Å². The van der Waals surface area contributed by atoms with Crippen LogP contribution < -0.4 is 0 Å². The zero-order chi connectivity index (χ0) is 15.5. The van der Waals surface area contributed by atoms with Crippen molar-refractivity contribution >= 4 is 51.2 Å². The van der Waals surface area contributed by atoms with Crippen molar-refractivity contribution in [2.75, 3.05) is 0 Å². The molecule has 0 bridgehead atoms. The summed E-state index contributed by atoms with van der Waals surface area (Å²) in [6.07, 6.45) is 1.75. The number of halogens is 1. The van der Waals surface area contributed by atoms with E-state index in [-0.39, 0.29) is 5.92 Å². The number of hydrogen-bond acceptors (Lipinski definition) is 4. The second kappa shape index (κ2) is 6.69. The zero-order valence-electron chi connectivity index (χ0n) is 11.4. The van der Waals surface area contributed by atoms with Gasteiger partial charge in [-0.05, 0) is 42.0 Å². The minimum absolute atomic E-state index is 0.0468. The molecule has 0 radical (unpaired) electrons. The average Bonchev–Trinajstić information content (AvgIpc) is 3.19. The lowest BCUT2D eigenvalue weighted by Crippen LogP contribution is -1.98. The largest absolute Gasteiger partial charge is 0.297 e. The number of aldehydes is 2. The molecule has 2 heterocycles. The van der Waals surface area contributed by atoms with Crippen LogP contribution in [0, 0.1) is 0 Å². The Hall–Kier alpha value is -1.56. The lowest BCUT2D eigenvalue weighted by Gasteiger charge is -2.14. The molecule has 0 saturated heterocycles. The number of rotatable bonds is 5. The lowest BCUT2D eigenvalue weighted by atomic mass is 9.96. The van der Waals surface area contributed by atoms with Gasteiger partial charge in [-0.3, -0.25) is 9.59 Å². The van der Waals surface area contributed by atoms with E-state index in [4.69, 9.17) is 0 Å². The molecular weight excluding hydrogens is 380 g/mol. The van der Waals surface area contributed by atoms with Crippen LogP contribution in [-0.2, 0) is 0 Å². The highest BCUT2D eigenvalue weighted by Crippen LogP contribution is 2.39. The topological polar surface area (TPSA) is 34.1 Å². The summed E-state index contributed by atoms with van der Waals surface area (Å²) in [5.41, 5.74) is 1.14. The third-order valence-corrected chi connectivity index (χ3v) is 5.98. The van der Waals surface area contributed by atoms with E-state index in [2.05, 4.69) is 28.1 Å². The van der Waals surface area contributed by atoms with Crippen molar-refractivity contribution in [3.8, 4) is 0 Å². The quantitative estimate of drug-likeness (QED) is 0.548. The SMILES string of the molecule is O=Cc1ccc(C(c2ccc(Br)cc2)c2ccc(C=O)s2)s1. The molecule has 0 unspecified atom stereocenters. The number of thiophene rings is 2. The van der Waals surface area contributed by atoms with Crippen LogP contribution >= 0.6 is 38.6 Å². The summed E-state index contributed by atoms with van der Waals surface area (Å²) < 4.78 is 1.02. The Kier molecular flexibility index (Phi) is 4.66. The van der Waals surface area contributed by atoms with Crippen molar-refractivity contribution in [2.24, 2.45) is 0 Å². The van der Waals surface area contributed by atoms with Gasteiger partial charge < -0.3 is 0 Å². The van der Waals surface area contributed by atoms with E-state index < -0.39 is 0 Å². The van der Waals surface area contributed by atoms with Gasteiger partial charge in [0.15, 0.2) is 12.6 Å². The Bertz CT molecular complexity index is 756. The molecule has 2 aromatic heterocycles. The normalized spacial score (nSPS) is 10.8. The molecule has 0 atom stereocenters. The smallest absolute Gasteiger partial charge is 0.160 e. The van der Waals surface area contributed by atoms with E-state index in [1.165, 1.54) is 22.7 Å². The van der Waals surface area contributed by atoms with Crippen LogP contribution in [0.15, 0.2) is 53.0 Å². The Morgan fingerprint density at radius 2 is 1.27 bits per heavy atom. The Morgan fingerprint density at radius 1 is 0.773 bits per heavy atom. The minimum atomic E-state index is 0.0468. The molecule has 3 aromatic rings. The monoisotopic (exact) mass is 390 g/mol. The van der Waals surface area contributed by atoms with Gasteiger partial charge in [-0.1, -0.05) is 28.1 Å². The molecule has 3 rings (SSSR count). The number of hydrogen-bond donors (Lipinski definition) is 0. The summed E-state index contributed by atoms with van der Waals surface area (Å²) in [5.74, 6) is 0.0468. The van der Waals surface area contributed by atoms with Crippen LogP contribution in [0.2, 0.25) is 0 Å². The fraction of sp³-hybridized carbons (Fsp3) is 0.0588. The highest BCUT2D eigenvalue weighted by Gasteiger charge is 2.20. The highest BCUT2D eigenvalue weighted by molar-refractivity contribution is 9.10. The predicted molar refractivity (Wildman–Crippen MR) is 94.5 cm³/mol. The van der Waals surface area contributed by atoms with E-state index in [9.17, 15) is 9.59 Å². The van der Waals surface area contributed by atoms with Crippen molar-refractivity contribution in [1.82, 2.24) is 0 Å². The number of carbonyl (C=O) groups excluding carboxylic acids is 2. The third kappa shape index (κ3) is 3.11. The molecule has 0 saturated carbocycles. The summed E-state index contributed by atoms with van der Waals surface area (Å²) >= 11 is 6.43. The van der Waals surface area contributed by atoms with Gasteiger partial charge in [0, 0.05) is 14.2 Å². The van der Waals surface area contributed by atoms with Crippen molar-refractivity contribution in [3.63, 3.8) is 0 Å². The molecular formula is C17H11BrO2S2. The first-order valence-corrected chi connectivity index (χ1v) is 8.99. The van der Waals surface area contributed by atoms with Gasteiger partial charge in [0.2, 0.25) is 0 Å². The molecule has 2 nitrogen and oxygen atoms in total. The van der Waals surface area contributed by atoms with Gasteiger partial charge in [-0.25, -0.2) is 0 Å². The maximum absolute atomic E-state index is 11.0. The van der Waals surface area contributed by atoms with Gasteiger partial charge in [-0.2, -0.15) is 0 Å². The van der Waals surface area contributed by atoms with Crippen LogP contribution in [0.3, 0.4) is 0 Å². The Morgan fingerprint density at radius 3 is 1.68 bits per heavy atom. The van der Waals surface area contributed by atoms with E-state index in [1.54, 1.807) is 0 Å². The van der Waals surface area contributed by atoms with Crippen LogP contribution in [-0.4, -0.2) is 12.6 Å². The van der Waals surface area contributed by atoms with Crippen LogP contribution in [0.4, 0.5) is 0 Å². The van der Waals surface area contributed by atoms with Crippen molar-refractivity contribution in [1.29, 1.82) is 0 Å². The van der Waals surface area contributed by atoms with Crippen molar-refractivity contribution in [2.45, 2.75) is 5.92 Å². The number of carbonyl (C=O) groups is 2. The van der Waals surface area contributed by atoms with E-state index in [1.807, 2.05) is 36.4 Å². The summed E-state index contributed by atoms with van der Waals surface area (Å²) in [7, 11) is 0. The van der Waals surface area contributed by atoms with Crippen LogP contribution in [0.1, 0.15) is 40.6 Å². The predicted octanol–water partition coefficient (Wildman–Crippen LogP) is 5.38. The molecule has 0 aliphatic carbocycles. The molecule has 1 aromatic carbocycles. The fourth-order valence-corrected chi connectivity index (χ4v) is 4.58. The summed E-state index contributed by atoms with van der Waals surface area (Å²) in [6.45, 7) is 0. The van der Waals surface area contributed by atoms with Gasteiger partial charge >= 0.3 is 0 Å². The van der Waals surface area contributed by atoms with Crippen molar-refractivity contribution in [3.05, 3.63) is 78.1 Å². The van der Waals surface area contributed by atoms with Crippen LogP contribution in [0.25, 0.3) is 0 Å². The average molecular weight is 391 g/mol. The van der Waals surface area contributed by atoms with Gasteiger partial charge in [0.25, 0.3) is 0 Å². The number of benzene rings is 1. The first-order valence-electron chi connectivity index (χ1n) is 6.56. The standard InChI is InChI=1S/C17H11BrO2S2/c18-12-3-1-11(2-4-12)17(15-7-5-13(9-19)21-15)16-8-6-14(10-20)22-16/h1-10,17H. The van der Waals surface area contributed by atoms with E-state index in [0.29, 0.717) is 9.75 Å². The van der Waals surface area contributed by atoms with E-state index >= 15 is 0 Å². The zero-order valence-corrected chi connectivity index (χ0v) is 14.6. The maximum Gasteiger partial charge on any atom is 0.160 e. The van der Waals surface area contributed by atoms with Gasteiger partial charge in [0.1, 0.15) is 0 Å². The second-order valence-corrected chi connectivity index (χ2v) is 7.91. The third-order valence-electron chi connectivity index (χ3n) is 3.30. The van der Waals surface area contributed by atoms with Gasteiger partial charge in [0.05, 0.1) is 15.7 Å². The molecule has 0 spiro atoms. The Balaban J connectivity index is 2.10. The molecule has 0 N–H and O–H groups in total. The minimum Gasteiger partial charge on any atom is -0.297 e. The molecule has 110 valence electrons. The first kappa shape index (κ1) is 15.3. The molecule has 5 heteroatoms. The molecule has 0 amide bonds. The second-order valence-electron chi connectivity index (χ2n) is 4.70. The summed E-state index contributed by atoms with van der Waals surface area (Å²) in [4.78, 5) is 25.6. The Labute approximate surface area is 144 Å². The molecule has 0 fully saturated rings. The van der Waals surface area contributed by atoms with Crippen molar-refractivity contribution < 1.29 is 9.59 Å². The van der Waals surface area contributed by atoms with Crippen LogP contribution in [0.5, 0.6) is 0 Å². The lowest BCUT2D eigenvalue weighted by molar-refractivity contribution is 0.111. The highest BCUT2D eigenvalue weighted by atomic mass is 79.9. The first-order chi connectivity index (χ1) is 10.7.